The number of hydrogen-bond acceptors (Lipinski definition) is 4. The number of rotatable bonds is 1. The van der Waals surface area contributed by atoms with Gasteiger partial charge < -0.3 is 15.8 Å². The highest BCUT2D eigenvalue weighted by Gasteiger charge is 2.24. The monoisotopic (exact) mass is 222 g/mol. The summed E-state index contributed by atoms with van der Waals surface area (Å²) in [4.78, 5) is 0. The molecule has 5 heteroatoms. The second-order valence-electron chi connectivity index (χ2n) is 4.54. The van der Waals surface area contributed by atoms with Crippen molar-refractivity contribution in [3.8, 4) is 0 Å². The van der Waals surface area contributed by atoms with Gasteiger partial charge in [0.25, 0.3) is 0 Å². The molecule has 0 radical (unpaired) electrons. The van der Waals surface area contributed by atoms with Crippen molar-refractivity contribution in [3.05, 3.63) is 11.3 Å². The number of aromatic nitrogens is 2. The smallest absolute Gasteiger partial charge is 0.125 e. The molecule has 0 amide bonds. The lowest BCUT2D eigenvalue weighted by Gasteiger charge is -2.23. The molecule has 1 aromatic rings. The van der Waals surface area contributed by atoms with Crippen LogP contribution in [0.4, 0.5) is 5.82 Å². The highest BCUT2D eigenvalue weighted by Crippen LogP contribution is 2.28. The summed E-state index contributed by atoms with van der Waals surface area (Å²) in [6.07, 6.45) is 3.14. The highest BCUT2D eigenvalue weighted by atomic mass is 16.5. The molecule has 0 aromatic carbocycles. The molecule has 0 saturated carbocycles. The van der Waals surface area contributed by atoms with Gasteiger partial charge in [-0.1, -0.05) is 0 Å². The van der Waals surface area contributed by atoms with E-state index in [0.29, 0.717) is 12.6 Å². The first-order chi connectivity index (χ1) is 7.86. The zero-order chi connectivity index (χ0) is 11.0. The Kier molecular flexibility index (Phi) is 2.57. The SMILES string of the molecule is Nc1c2c(nn1C1CCNCC1)COCC2. The van der Waals surface area contributed by atoms with Crippen molar-refractivity contribution in [1.82, 2.24) is 15.1 Å². The van der Waals surface area contributed by atoms with Gasteiger partial charge in [0, 0.05) is 12.0 Å². The van der Waals surface area contributed by atoms with Gasteiger partial charge in [-0.3, -0.25) is 0 Å². The summed E-state index contributed by atoms with van der Waals surface area (Å²) in [6, 6.07) is 0.465. The fourth-order valence-corrected chi connectivity index (χ4v) is 2.59. The molecule has 2 aliphatic heterocycles. The molecule has 5 nitrogen and oxygen atoms in total. The Balaban J connectivity index is 1.91. The average molecular weight is 222 g/mol. The second-order valence-corrected chi connectivity index (χ2v) is 4.54. The third-order valence-electron chi connectivity index (χ3n) is 3.52. The third kappa shape index (κ3) is 1.60. The lowest BCUT2D eigenvalue weighted by Crippen LogP contribution is -2.30. The van der Waals surface area contributed by atoms with Crippen LogP contribution >= 0.6 is 0 Å². The van der Waals surface area contributed by atoms with Crippen LogP contribution in [-0.2, 0) is 17.8 Å². The number of ether oxygens (including phenoxy) is 1. The average Bonchev–Trinajstić information content (AvgIpc) is 2.69. The standard InChI is InChI=1S/C11H18N4O/c12-11-9-3-6-16-7-10(9)14-15(11)8-1-4-13-5-2-8/h8,13H,1-7,12H2. The number of hydrogen-bond donors (Lipinski definition) is 2. The predicted molar refractivity (Wildman–Crippen MR) is 61.1 cm³/mol. The molecule has 0 atom stereocenters. The van der Waals surface area contributed by atoms with Gasteiger partial charge in [0.05, 0.1) is 24.9 Å². The van der Waals surface area contributed by atoms with Gasteiger partial charge in [0.1, 0.15) is 5.82 Å². The van der Waals surface area contributed by atoms with Gasteiger partial charge in [-0.25, -0.2) is 4.68 Å². The summed E-state index contributed by atoms with van der Waals surface area (Å²) in [7, 11) is 0. The quantitative estimate of drug-likeness (QED) is 0.724. The van der Waals surface area contributed by atoms with E-state index in [2.05, 4.69) is 10.4 Å². The van der Waals surface area contributed by atoms with E-state index in [1.54, 1.807) is 0 Å². The topological polar surface area (TPSA) is 65.1 Å². The maximum atomic E-state index is 6.18. The van der Waals surface area contributed by atoms with Crippen LogP contribution in [0.25, 0.3) is 0 Å². The van der Waals surface area contributed by atoms with E-state index >= 15 is 0 Å². The minimum atomic E-state index is 0.465. The normalized spacial score (nSPS) is 22.0. The number of nitrogens with zero attached hydrogens (tertiary/aromatic N) is 2. The Hall–Kier alpha value is -1.07. The number of fused-ring (bicyclic) bond motifs is 1. The van der Waals surface area contributed by atoms with Gasteiger partial charge in [-0.15, -0.1) is 0 Å². The molecular formula is C11H18N4O. The Bertz CT molecular complexity index is 382. The predicted octanol–water partition coefficient (Wildman–Crippen LogP) is 0.462. The minimum Gasteiger partial charge on any atom is -0.384 e. The summed E-state index contributed by atoms with van der Waals surface area (Å²) in [6.45, 7) is 3.52. The van der Waals surface area contributed by atoms with Crippen LogP contribution < -0.4 is 11.1 Å². The van der Waals surface area contributed by atoms with Crippen molar-refractivity contribution in [1.29, 1.82) is 0 Å². The van der Waals surface area contributed by atoms with Crippen LogP contribution in [0.5, 0.6) is 0 Å². The second kappa shape index (κ2) is 4.07. The largest absolute Gasteiger partial charge is 0.384 e. The Morgan fingerprint density at radius 2 is 2.19 bits per heavy atom. The molecule has 88 valence electrons. The number of anilines is 1. The lowest BCUT2D eigenvalue weighted by molar-refractivity contribution is 0.108. The van der Waals surface area contributed by atoms with Crippen LogP contribution in [0.3, 0.4) is 0 Å². The molecular weight excluding hydrogens is 204 g/mol. The first-order valence-corrected chi connectivity index (χ1v) is 6.00. The fraction of sp³-hybridized carbons (Fsp3) is 0.727. The molecule has 1 aromatic heterocycles. The van der Waals surface area contributed by atoms with Crippen molar-refractivity contribution in [2.75, 3.05) is 25.4 Å². The maximum absolute atomic E-state index is 6.18. The third-order valence-corrected chi connectivity index (χ3v) is 3.52. The van der Waals surface area contributed by atoms with Crippen LogP contribution in [-0.4, -0.2) is 29.5 Å². The molecule has 0 aliphatic carbocycles. The zero-order valence-corrected chi connectivity index (χ0v) is 9.41. The molecule has 1 fully saturated rings. The number of piperidine rings is 1. The first-order valence-electron chi connectivity index (χ1n) is 6.00. The van der Waals surface area contributed by atoms with Gasteiger partial charge in [-0.05, 0) is 25.9 Å². The maximum Gasteiger partial charge on any atom is 0.125 e. The van der Waals surface area contributed by atoms with E-state index in [4.69, 9.17) is 10.5 Å². The van der Waals surface area contributed by atoms with Crippen molar-refractivity contribution in [3.63, 3.8) is 0 Å². The van der Waals surface area contributed by atoms with Crippen molar-refractivity contribution in [2.24, 2.45) is 0 Å². The fourth-order valence-electron chi connectivity index (χ4n) is 2.59. The molecule has 0 bridgehead atoms. The number of nitrogens with two attached hydrogens (primary N) is 1. The van der Waals surface area contributed by atoms with Crippen molar-refractivity contribution < 1.29 is 4.74 Å². The van der Waals surface area contributed by atoms with Crippen LogP contribution in [0.1, 0.15) is 30.1 Å². The van der Waals surface area contributed by atoms with Crippen LogP contribution in [0, 0.1) is 0 Å². The molecule has 0 unspecified atom stereocenters. The molecule has 2 aliphatic rings. The Morgan fingerprint density at radius 1 is 1.38 bits per heavy atom. The summed E-state index contributed by atoms with van der Waals surface area (Å²) < 4.78 is 7.44. The highest BCUT2D eigenvalue weighted by molar-refractivity contribution is 5.44. The Morgan fingerprint density at radius 3 is 2.94 bits per heavy atom. The van der Waals surface area contributed by atoms with E-state index in [1.807, 2.05) is 4.68 Å². The van der Waals surface area contributed by atoms with E-state index in [9.17, 15) is 0 Å². The van der Waals surface area contributed by atoms with E-state index < -0.39 is 0 Å². The molecule has 0 spiro atoms. The van der Waals surface area contributed by atoms with Crippen LogP contribution in [0.2, 0.25) is 0 Å². The molecule has 16 heavy (non-hydrogen) atoms. The Labute approximate surface area is 94.9 Å². The van der Waals surface area contributed by atoms with Gasteiger partial charge in [-0.2, -0.15) is 5.10 Å². The summed E-state index contributed by atoms with van der Waals surface area (Å²) in [5.74, 6) is 0.866. The van der Waals surface area contributed by atoms with Gasteiger partial charge in [0.2, 0.25) is 0 Å². The number of nitrogens with one attached hydrogen (secondary N) is 1. The van der Waals surface area contributed by atoms with Gasteiger partial charge >= 0.3 is 0 Å². The molecule has 3 rings (SSSR count). The molecule has 1 saturated heterocycles. The zero-order valence-electron chi connectivity index (χ0n) is 9.41. The van der Waals surface area contributed by atoms with Crippen LogP contribution in [0.15, 0.2) is 0 Å². The molecule has 3 N–H and O–H groups in total. The van der Waals surface area contributed by atoms with E-state index in [1.165, 1.54) is 5.56 Å². The van der Waals surface area contributed by atoms with E-state index in [-0.39, 0.29) is 0 Å². The van der Waals surface area contributed by atoms with Crippen molar-refractivity contribution in [2.45, 2.75) is 31.9 Å². The summed E-state index contributed by atoms with van der Waals surface area (Å²) in [5.41, 5.74) is 8.44. The lowest BCUT2D eigenvalue weighted by atomic mass is 10.1. The summed E-state index contributed by atoms with van der Waals surface area (Å²) in [5, 5.41) is 7.97. The number of nitrogen functional groups attached to an aromatic ring is 1. The molecule has 3 heterocycles. The van der Waals surface area contributed by atoms with Gasteiger partial charge in [0.15, 0.2) is 0 Å². The van der Waals surface area contributed by atoms with Crippen molar-refractivity contribution >= 4 is 5.82 Å². The minimum absolute atomic E-state index is 0.465. The summed E-state index contributed by atoms with van der Waals surface area (Å²) >= 11 is 0. The van der Waals surface area contributed by atoms with E-state index in [0.717, 1.165) is 50.5 Å². The first kappa shape index (κ1) is 10.1.